The van der Waals surface area contributed by atoms with Crippen molar-refractivity contribution in [2.24, 2.45) is 0 Å². The van der Waals surface area contributed by atoms with Crippen LogP contribution in [-0.2, 0) is 9.84 Å². The van der Waals surface area contributed by atoms with E-state index in [1.807, 2.05) is 13.0 Å². The molecule has 0 atom stereocenters. The number of hydrogen-bond donors (Lipinski definition) is 0. The molecule has 1 fully saturated rings. The molecule has 0 aliphatic carbocycles. The Balaban J connectivity index is 1.70. The van der Waals surface area contributed by atoms with Gasteiger partial charge in [-0.1, -0.05) is 12.1 Å². The second kappa shape index (κ2) is 8.08. The quantitative estimate of drug-likeness (QED) is 0.734. The predicted octanol–water partition coefficient (Wildman–Crippen LogP) is 3.30. The fraction of sp³-hybridized carbons (Fsp3) is 0.350. The van der Waals surface area contributed by atoms with Crippen molar-refractivity contribution in [3.8, 4) is 5.75 Å². The van der Waals surface area contributed by atoms with Crippen molar-refractivity contribution in [3.63, 3.8) is 0 Å². The predicted molar refractivity (Wildman–Crippen MR) is 100 cm³/mol. The van der Waals surface area contributed by atoms with E-state index in [2.05, 4.69) is 0 Å². The number of carbonyl (C=O) groups excluding carboxylic acids is 1. The van der Waals surface area contributed by atoms with Crippen LogP contribution in [-0.4, -0.2) is 44.2 Å². The van der Waals surface area contributed by atoms with Gasteiger partial charge in [-0.25, -0.2) is 12.8 Å². The minimum absolute atomic E-state index is 0.121. The van der Waals surface area contributed by atoms with Crippen LogP contribution < -0.4 is 4.74 Å². The van der Waals surface area contributed by atoms with Gasteiger partial charge in [-0.3, -0.25) is 4.79 Å². The number of amides is 1. The molecule has 0 radical (unpaired) electrons. The molecule has 5 nitrogen and oxygen atoms in total. The van der Waals surface area contributed by atoms with Gasteiger partial charge < -0.3 is 9.64 Å². The summed E-state index contributed by atoms with van der Waals surface area (Å²) >= 11 is 0. The topological polar surface area (TPSA) is 63.7 Å². The lowest BCUT2D eigenvalue weighted by molar-refractivity contribution is 0.0721. The molecule has 0 saturated carbocycles. The summed E-state index contributed by atoms with van der Waals surface area (Å²) in [5, 5.41) is -0.575. The number of likely N-dealkylation sites (tertiary alicyclic amines) is 1. The number of para-hydroxylation sites is 1. The van der Waals surface area contributed by atoms with Crippen molar-refractivity contribution in [3.05, 3.63) is 59.9 Å². The molecule has 1 aliphatic rings. The standard InChI is InChI=1S/C20H22FNO4S/c1-2-26-19-6-4-3-5-18(19)20(23)22-13-11-17(12-14-22)27(24,25)16-9-7-15(21)8-10-16/h3-10,17H,2,11-14H2,1H3. The van der Waals surface area contributed by atoms with Gasteiger partial charge in [-0.05, 0) is 56.2 Å². The van der Waals surface area contributed by atoms with E-state index in [0.717, 1.165) is 12.1 Å². The van der Waals surface area contributed by atoms with Gasteiger partial charge in [-0.2, -0.15) is 0 Å². The zero-order chi connectivity index (χ0) is 19.4. The molecule has 3 rings (SSSR count). The fourth-order valence-corrected chi connectivity index (χ4v) is 5.01. The van der Waals surface area contributed by atoms with Crippen LogP contribution in [0.3, 0.4) is 0 Å². The van der Waals surface area contributed by atoms with E-state index < -0.39 is 20.9 Å². The molecule has 2 aromatic carbocycles. The molecule has 0 unspecified atom stereocenters. The Bertz CT molecular complexity index is 904. The SMILES string of the molecule is CCOc1ccccc1C(=O)N1CCC(S(=O)(=O)c2ccc(F)cc2)CC1. The lowest BCUT2D eigenvalue weighted by Crippen LogP contribution is -2.42. The summed E-state index contributed by atoms with van der Waals surface area (Å²) in [6, 6.07) is 11.9. The van der Waals surface area contributed by atoms with Gasteiger partial charge >= 0.3 is 0 Å². The summed E-state index contributed by atoms with van der Waals surface area (Å²) in [7, 11) is -3.54. The highest BCUT2D eigenvalue weighted by atomic mass is 32.2. The molecular formula is C20H22FNO4S. The third-order valence-electron chi connectivity index (χ3n) is 4.73. The Hall–Kier alpha value is -2.41. The van der Waals surface area contributed by atoms with Crippen LogP contribution in [0.5, 0.6) is 5.75 Å². The number of rotatable bonds is 5. The van der Waals surface area contributed by atoms with Gasteiger partial charge in [0.25, 0.3) is 5.91 Å². The number of hydrogen-bond acceptors (Lipinski definition) is 4. The third kappa shape index (κ3) is 4.13. The molecule has 1 amide bonds. The highest BCUT2D eigenvalue weighted by Gasteiger charge is 2.33. The van der Waals surface area contributed by atoms with E-state index in [1.54, 1.807) is 23.1 Å². The van der Waals surface area contributed by atoms with Gasteiger partial charge in [0.05, 0.1) is 22.3 Å². The summed E-state index contributed by atoms with van der Waals surface area (Å²) in [6.45, 7) is 3.02. The second-order valence-electron chi connectivity index (χ2n) is 6.42. The largest absolute Gasteiger partial charge is 0.493 e. The molecule has 1 aliphatic heterocycles. The Kier molecular flexibility index (Phi) is 5.79. The van der Waals surface area contributed by atoms with Gasteiger partial charge in [0.15, 0.2) is 9.84 Å². The van der Waals surface area contributed by atoms with Crippen LogP contribution in [0.1, 0.15) is 30.1 Å². The summed E-state index contributed by atoms with van der Waals surface area (Å²) in [6.07, 6.45) is 0.699. The van der Waals surface area contributed by atoms with E-state index in [4.69, 9.17) is 4.74 Å². The third-order valence-corrected chi connectivity index (χ3v) is 7.01. The molecule has 1 heterocycles. The fourth-order valence-electron chi connectivity index (χ4n) is 3.28. The van der Waals surface area contributed by atoms with Crippen molar-refractivity contribution in [1.29, 1.82) is 0 Å². The van der Waals surface area contributed by atoms with E-state index >= 15 is 0 Å². The first-order valence-corrected chi connectivity index (χ1v) is 10.5. The maximum Gasteiger partial charge on any atom is 0.257 e. The highest BCUT2D eigenvalue weighted by molar-refractivity contribution is 7.92. The Morgan fingerprint density at radius 2 is 1.74 bits per heavy atom. The summed E-state index contributed by atoms with van der Waals surface area (Å²) in [4.78, 5) is 14.6. The average molecular weight is 391 g/mol. The molecule has 1 saturated heterocycles. The first kappa shape index (κ1) is 19.4. The van der Waals surface area contributed by atoms with Crippen LogP contribution >= 0.6 is 0 Å². The first-order valence-electron chi connectivity index (χ1n) is 8.94. The van der Waals surface area contributed by atoms with Gasteiger partial charge in [-0.15, -0.1) is 0 Å². The van der Waals surface area contributed by atoms with Gasteiger partial charge in [0.1, 0.15) is 11.6 Å². The van der Waals surface area contributed by atoms with Crippen molar-refractivity contribution in [2.75, 3.05) is 19.7 Å². The summed E-state index contributed by atoms with van der Waals surface area (Å²) in [5.74, 6) is -0.0925. The van der Waals surface area contributed by atoms with Gasteiger partial charge in [0.2, 0.25) is 0 Å². The molecule has 7 heteroatoms. The second-order valence-corrected chi connectivity index (χ2v) is 8.65. The number of carbonyl (C=O) groups is 1. The van der Waals surface area contributed by atoms with Crippen LogP contribution in [0.2, 0.25) is 0 Å². The molecule has 0 aromatic heterocycles. The highest BCUT2D eigenvalue weighted by Crippen LogP contribution is 2.27. The van der Waals surface area contributed by atoms with Crippen LogP contribution in [0, 0.1) is 5.82 Å². The number of nitrogens with zero attached hydrogens (tertiary/aromatic N) is 1. The summed E-state index contributed by atoms with van der Waals surface area (Å²) in [5.41, 5.74) is 0.485. The lowest BCUT2D eigenvalue weighted by Gasteiger charge is -2.32. The Morgan fingerprint density at radius 3 is 2.37 bits per heavy atom. The van der Waals surface area contributed by atoms with Crippen LogP contribution in [0.25, 0.3) is 0 Å². The molecule has 0 spiro atoms. The van der Waals surface area contributed by atoms with Crippen molar-refractivity contribution in [2.45, 2.75) is 29.9 Å². The molecular weight excluding hydrogens is 369 g/mol. The molecule has 27 heavy (non-hydrogen) atoms. The molecule has 2 aromatic rings. The maximum atomic E-state index is 13.1. The van der Waals surface area contributed by atoms with Crippen LogP contribution in [0.15, 0.2) is 53.4 Å². The molecule has 0 N–H and O–H groups in total. The van der Waals surface area contributed by atoms with Crippen molar-refractivity contribution >= 4 is 15.7 Å². The number of halogens is 1. The monoisotopic (exact) mass is 391 g/mol. The smallest absolute Gasteiger partial charge is 0.257 e. The zero-order valence-corrected chi connectivity index (χ0v) is 15.9. The molecule has 144 valence electrons. The van der Waals surface area contributed by atoms with E-state index in [-0.39, 0.29) is 10.8 Å². The Labute approximate surface area is 158 Å². The van der Waals surface area contributed by atoms with Gasteiger partial charge in [0, 0.05) is 13.1 Å². The first-order chi connectivity index (χ1) is 12.9. The maximum absolute atomic E-state index is 13.1. The van der Waals surface area contributed by atoms with Crippen molar-refractivity contribution in [1.82, 2.24) is 4.90 Å². The van der Waals surface area contributed by atoms with E-state index in [9.17, 15) is 17.6 Å². The zero-order valence-electron chi connectivity index (χ0n) is 15.1. The van der Waals surface area contributed by atoms with Crippen molar-refractivity contribution < 1.29 is 22.3 Å². The number of sulfone groups is 1. The molecule has 0 bridgehead atoms. The number of piperidine rings is 1. The average Bonchev–Trinajstić information content (AvgIpc) is 2.68. The van der Waals surface area contributed by atoms with E-state index in [0.29, 0.717) is 43.9 Å². The summed E-state index contributed by atoms with van der Waals surface area (Å²) < 4.78 is 44.1. The Morgan fingerprint density at radius 1 is 1.11 bits per heavy atom. The lowest BCUT2D eigenvalue weighted by atomic mass is 10.1. The van der Waals surface area contributed by atoms with E-state index in [1.165, 1.54) is 12.1 Å². The minimum atomic E-state index is -3.54. The number of ether oxygens (including phenoxy) is 1. The normalized spacial score (nSPS) is 15.6. The van der Waals surface area contributed by atoms with Crippen LogP contribution in [0.4, 0.5) is 4.39 Å². The minimum Gasteiger partial charge on any atom is -0.493 e. The number of benzene rings is 2.